The summed E-state index contributed by atoms with van der Waals surface area (Å²) >= 11 is 17.0. The third kappa shape index (κ3) is 4.25. The van der Waals surface area contributed by atoms with Crippen molar-refractivity contribution in [1.82, 2.24) is 15.0 Å². The van der Waals surface area contributed by atoms with Crippen LogP contribution in [0.4, 0.5) is 5.95 Å². The highest BCUT2D eigenvalue weighted by atomic mass is 35.6. The number of aryl methyl sites for hydroxylation is 1. The van der Waals surface area contributed by atoms with Crippen LogP contribution >= 0.6 is 34.8 Å². The first-order chi connectivity index (χ1) is 7.43. The first-order valence-corrected chi connectivity index (χ1v) is 5.71. The molecule has 0 fully saturated rings. The zero-order valence-corrected chi connectivity index (χ0v) is 10.8. The lowest BCUT2D eigenvalue weighted by Gasteiger charge is -2.11. The van der Waals surface area contributed by atoms with E-state index in [1.807, 2.05) is 0 Å². The van der Waals surface area contributed by atoms with Crippen LogP contribution in [0.25, 0.3) is 0 Å². The summed E-state index contributed by atoms with van der Waals surface area (Å²) < 4.78 is -1.67. The van der Waals surface area contributed by atoms with Crippen molar-refractivity contribution in [2.45, 2.75) is 17.1 Å². The van der Waals surface area contributed by atoms with E-state index in [0.717, 1.165) is 0 Å². The van der Waals surface area contributed by atoms with Gasteiger partial charge in [0.05, 0.1) is 0 Å². The van der Waals surface area contributed by atoms with E-state index < -0.39 is 3.79 Å². The Hall–Kier alpha value is -0.360. The number of aliphatic hydroxyl groups is 1. The zero-order chi connectivity index (χ0) is 12.2. The van der Waals surface area contributed by atoms with E-state index in [0.29, 0.717) is 24.7 Å². The highest BCUT2D eigenvalue weighted by Gasteiger charge is 2.27. The molecule has 0 aliphatic carbocycles. The Kier molecular flexibility index (Phi) is 4.98. The summed E-state index contributed by atoms with van der Waals surface area (Å²) in [6.45, 7) is 2.31. The molecule has 1 heterocycles. The third-order valence-corrected chi connectivity index (χ3v) is 2.13. The largest absolute Gasteiger partial charge is 0.396 e. The lowest BCUT2D eigenvalue weighted by atomic mass is 10.4. The van der Waals surface area contributed by atoms with Crippen molar-refractivity contribution < 1.29 is 5.11 Å². The molecule has 0 saturated carbocycles. The maximum Gasteiger partial charge on any atom is 0.250 e. The minimum absolute atomic E-state index is 0.0801. The van der Waals surface area contributed by atoms with Crippen molar-refractivity contribution in [3.8, 4) is 0 Å². The van der Waals surface area contributed by atoms with Crippen LogP contribution < -0.4 is 5.32 Å². The van der Waals surface area contributed by atoms with E-state index in [4.69, 9.17) is 39.9 Å². The minimum atomic E-state index is -1.67. The normalized spacial score (nSPS) is 11.6. The molecular formula is C8H11Cl3N4O. The molecule has 5 nitrogen and oxygen atoms in total. The van der Waals surface area contributed by atoms with Crippen LogP contribution in [0.1, 0.15) is 18.1 Å². The van der Waals surface area contributed by atoms with Crippen molar-refractivity contribution in [1.29, 1.82) is 0 Å². The van der Waals surface area contributed by atoms with Gasteiger partial charge >= 0.3 is 0 Å². The van der Waals surface area contributed by atoms with E-state index in [2.05, 4.69) is 20.3 Å². The van der Waals surface area contributed by atoms with Crippen LogP contribution in [-0.2, 0) is 3.79 Å². The first kappa shape index (κ1) is 13.7. The molecule has 90 valence electrons. The lowest BCUT2D eigenvalue weighted by Crippen LogP contribution is -2.14. The fourth-order valence-electron chi connectivity index (χ4n) is 0.967. The van der Waals surface area contributed by atoms with Gasteiger partial charge in [-0.1, -0.05) is 34.8 Å². The maximum atomic E-state index is 8.63. The summed E-state index contributed by atoms with van der Waals surface area (Å²) in [5, 5.41) is 11.5. The number of nitrogens with zero attached hydrogens (tertiary/aromatic N) is 3. The Bertz CT molecular complexity index is 356. The summed E-state index contributed by atoms with van der Waals surface area (Å²) in [5.74, 6) is 0.876. The van der Waals surface area contributed by atoms with Gasteiger partial charge in [0, 0.05) is 13.2 Å². The molecule has 0 atom stereocenters. The number of halogens is 3. The van der Waals surface area contributed by atoms with Crippen molar-refractivity contribution in [3.05, 3.63) is 11.6 Å². The van der Waals surface area contributed by atoms with Gasteiger partial charge in [0.25, 0.3) is 0 Å². The molecule has 8 heteroatoms. The molecule has 0 saturated heterocycles. The Morgan fingerprint density at radius 1 is 1.25 bits per heavy atom. The quantitative estimate of drug-likeness (QED) is 0.652. The summed E-state index contributed by atoms with van der Waals surface area (Å²) in [4.78, 5) is 11.9. The molecule has 2 N–H and O–H groups in total. The molecule has 0 bridgehead atoms. The zero-order valence-electron chi connectivity index (χ0n) is 8.54. The van der Waals surface area contributed by atoms with Crippen LogP contribution in [-0.4, -0.2) is 33.2 Å². The molecule has 0 amide bonds. The minimum Gasteiger partial charge on any atom is -0.396 e. The average molecular weight is 286 g/mol. The number of hydrogen-bond donors (Lipinski definition) is 2. The smallest absolute Gasteiger partial charge is 0.250 e. The Morgan fingerprint density at radius 3 is 2.50 bits per heavy atom. The van der Waals surface area contributed by atoms with Crippen LogP contribution in [0, 0.1) is 6.92 Å². The number of aromatic nitrogens is 3. The maximum absolute atomic E-state index is 8.63. The van der Waals surface area contributed by atoms with Gasteiger partial charge in [-0.2, -0.15) is 9.97 Å². The Morgan fingerprint density at radius 2 is 1.94 bits per heavy atom. The highest BCUT2D eigenvalue weighted by Crippen LogP contribution is 2.35. The number of nitrogens with one attached hydrogen (secondary N) is 1. The lowest BCUT2D eigenvalue weighted by molar-refractivity contribution is 0.292. The predicted octanol–water partition coefficient (Wildman–Crippen LogP) is 1.80. The van der Waals surface area contributed by atoms with Crippen molar-refractivity contribution in [3.63, 3.8) is 0 Å². The Labute approximate surface area is 108 Å². The predicted molar refractivity (Wildman–Crippen MR) is 64.0 cm³/mol. The van der Waals surface area contributed by atoms with Gasteiger partial charge in [0.2, 0.25) is 9.74 Å². The van der Waals surface area contributed by atoms with E-state index in [1.165, 1.54) is 0 Å². The summed E-state index contributed by atoms with van der Waals surface area (Å²) in [6, 6.07) is 0. The van der Waals surface area contributed by atoms with Crippen LogP contribution in [0.3, 0.4) is 0 Å². The second-order valence-electron chi connectivity index (χ2n) is 3.03. The third-order valence-electron chi connectivity index (χ3n) is 1.62. The van der Waals surface area contributed by atoms with Crippen molar-refractivity contribution >= 4 is 40.8 Å². The van der Waals surface area contributed by atoms with Crippen LogP contribution in [0.5, 0.6) is 0 Å². The van der Waals surface area contributed by atoms with Crippen molar-refractivity contribution in [2.24, 2.45) is 0 Å². The van der Waals surface area contributed by atoms with Crippen molar-refractivity contribution in [2.75, 3.05) is 18.5 Å². The summed E-state index contributed by atoms with van der Waals surface area (Å²) in [6.07, 6.45) is 0.591. The highest BCUT2D eigenvalue weighted by molar-refractivity contribution is 6.66. The summed E-state index contributed by atoms with van der Waals surface area (Å²) in [7, 11) is 0. The van der Waals surface area contributed by atoms with E-state index >= 15 is 0 Å². The second kappa shape index (κ2) is 5.82. The Balaban J connectivity index is 2.82. The molecule has 16 heavy (non-hydrogen) atoms. The molecule has 0 spiro atoms. The SMILES string of the molecule is Cc1nc(NCCCO)nc(C(Cl)(Cl)Cl)n1. The van der Waals surface area contributed by atoms with E-state index in [9.17, 15) is 0 Å². The van der Waals surface area contributed by atoms with Gasteiger partial charge in [-0.15, -0.1) is 0 Å². The van der Waals surface area contributed by atoms with Gasteiger partial charge in [0.1, 0.15) is 5.82 Å². The number of anilines is 1. The van der Waals surface area contributed by atoms with E-state index in [-0.39, 0.29) is 12.4 Å². The molecule has 0 aromatic carbocycles. The number of hydrogen-bond acceptors (Lipinski definition) is 5. The fraction of sp³-hybridized carbons (Fsp3) is 0.625. The monoisotopic (exact) mass is 284 g/mol. The summed E-state index contributed by atoms with van der Waals surface area (Å²) in [5.41, 5.74) is 0. The first-order valence-electron chi connectivity index (χ1n) is 4.58. The van der Waals surface area contributed by atoms with Gasteiger partial charge in [-0.3, -0.25) is 0 Å². The molecule has 0 radical (unpaired) electrons. The molecule has 1 aromatic heterocycles. The molecule has 0 aliphatic heterocycles. The van der Waals surface area contributed by atoms with Crippen LogP contribution in [0.15, 0.2) is 0 Å². The van der Waals surface area contributed by atoms with Gasteiger partial charge in [-0.05, 0) is 13.3 Å². The fourth-order valence-corrected chi connectivity index (χ4v) is 1.22. The number of alkyl halides is 3. The standard InChI is InChI=1S/C8H11Cl3N4O/c1-5-13-6(8(9,10)11)15-7(14-5)12-3-2-4-16/h16H,2-4H2,1H3,(H,12,13,14,15). The van der Waals surface area contributed by atoms with E-state index in [1.54, 1.807) is 6.92 Å². The number of aliphatic hydroxyl groups excluding tert-OH is 1. The molecule has 1 aromatic rings. The van der Waals surface area contributed by atoms with Gasteiger partial charge in [0.15, 0.2) is 5.82 Å². The molecule has 1 rings (SSSR count). The topological polar surface area (TPSA) is 70.9 Å². The average Bonchev–Trinajstić information content (AvgIpc) is 2.16. The second-order valence-corrected chi connectivity index (χ2v) is 5.31. The molecule has 0 aliphatic rings. The number of rotatable bonds is 4. The van der Waals surface area contributed by atoms with Gasteiger partial charge in [-0.25, -0.2) is 4.98 Å². The van der Waals surface area contributed by atoms with Crippen LogP contribution in [0.2, 0.25) is 0 Å². The molecule has 0 unspecified atom stereocenters. The molecular weight excluding hydrogens is 274 g/mol. The van der Waals surface area contributed by atoms with Gasteiger partial charge < -0.3 is 10.4 Å².